The fourth-order valence-corrected chi connectivity index (χ4v) is 3.14. The molecular formula is C15H19N3O3S. The molecule has 2 aromatic rings. The summed E-state index contributed by atoms with van der Waals surface area (Å²) in [5.74, 6) is 1.05. The number of hydrogen-bond acceptors (Lipinski definition) is 6. The van der Waals surface area contributed by atoms with Crippen LogP contribution in [0.5, 0.6) is 0 Å². The van der Waals surface area contributed by atoms with Gasteiger partial charge in [-0.1, -0.05) is 5.16 Å². The quantitative estimate of drug-likeness (QED) is 0.884. The summed E-state index contributed by atoms with van der Waals surface area (Å²) in [6.07, 6.45) is 2.99. The minimum atomic E-state index is -0.0155. The van der Waals surface area contributed by atoms with Crippen molar-refractivity contribution in [3.8, 4) is 11.4 Å². The molecule has 118 valence electrons. The predicted octanol–water partition coefficient (Wildman–Crippen LogP) is 2.41. The van der Waals surface area contributed by atoms with E-state index in [2.05, 4.69) is 15.5 Å². The Morgan fingerprint density at radius 1 is 1.59 bits per heavy atom. The van der Waals surface area contributed by atoms with Crippen LogP contribution in [0.2, 0.25) is 0 Å². The second-order valence-electron chi connectivity index (χ2n) is 5.43. The molecule has 1 saturated heterocycles. The van der Waals surface area contributed by atoms with Crippen LogP contribution in [0, 0.1) is 0 Å². The molecule has 1 N–H and O–H groups in total. The number of aromatic nitrogens is 2. The van der Waals surface area contributed by atoms with Crippen molar-refractivity contribution < 1.29 is 14.1 Å². The van der Waals surface area contributed by atoms with Crippen LogP contribution in [0.4, 0.5) is 0 Å². The predicted molar refractivity (Wildman–Crippen MR) is 82.5 cm³/mol. The van der Waals surface area contributed by atoms with E-state index in [0.29, 0.717) is 24.6 Å². The Hall–Kier alpha value is -1.73. The van der Waals surface area contributed by atoms with Gasteiger partial charge in [-0.3, -0.25) is 4.79 Å². The average molecular weight is 321 g/mol. The van der Waals surface area contributed by atoms with Gasteiger partial charge < -0.3 is 14.6 Å². The zero-order valence-corrected chi connectivity index (χ0v) is 13.3. The van der Waals surface area contributed by atoms with Crippen molar-refractivity contribution in [1.82, 2.24) is 15.5 Å². The van der Waals surface area contributed by atoms with Crippen molar-refractivity contribution in [3.63, 3.8) is 0 Å². The third-order valence-corrected chi connectivity index (χ3v) is 4.41. The molecule has 2 aromatic heterocycles. The van der Waals surface area contributed by atoms with E-state index in [-0.39, 0.29) is 18.1 Å². The van der Waals surface area contributed by atoms with E-state index in [9.17, 15) is 4.79 Å². The van der Waals surface area contributed by atoms with E-state index in [1.54, 1.807) is 11.3 Å². The molecule has 1 aliphatic heterocycles. The van der Waals surface area contributed by atoms with Gasteiger partial charge in [-0.05, 0) is 31.2 Å². The lowest BCUT2D eigenvalue weighted by Gasteiger charge is -2.19. The van der Waals surface area contributed by atoms with Crippen LogP contribution in [0.3, 0.4) is 0 Å². The molecule has 2 atom stereocenters. The lowest BCUT2D eigenvalue weighted by molar-refractivity contribution is -0.122. The second-order valence-corrected chi connectivity index (χ2v) is 6.21. The van der Waals surface area contributed by atoms with Crippen molar-refractivity contribution in [3.05, 3.63) is 22.7 Å². The lowest BCUT2D eigenvalue weighted by Crippen LogP contribution is -2.40. The highest BCUT2D eigenvalue weighted by Gasteiger charge is 2.23. The van der Waals surface area contributed by atoms with E-state index in [1.165, 1.54) is 0 Å². The molecule has 1 fully saturated rings. The van der Waals surface area contributed by atoms with Gasteiger partial charge in [0.1, 0.15) is 0 Å². The SMILES string of the molecule is C[C@@H](NC(=O)CCc1nc(-c2ccsc2)no1)[C@H]1CCCO1. The maximum atomic E-state index is 12.0. The molecule has 0 aliphatic carbocycles. The van der Waals surface area contributed by atoms with E-state index in [1.807, 2.05) is 23.8 Å². The smallest absolute Gasteiger partial charge is 0.227 e. The minimum Gasteiger partial charge on any atom is -0.376 e. The molecule has 0 spiro atoms. The summed E-state index contributed by atoms with van der Waals surface area (Å²) < 4.78 is 10.8. The minimum absolute atomic E-state index is 0.0155. The third kappa shape index (κ3) is 3.72. The highest BCUT2D eigenvalue weighted by molar-refractivity contribution is 7.08. The number of thiophene rings is 1. The Balaban J connectivity index is 1.46. The van der Waals surface area contributed by atoms with Crippen LogP contribution in [0.15, 0.2) is 21.3 Å². The molecule has 0 unspecified atom stereocenters. The number of carbonyl (C=O) groups is 1. The number of ether oxygens (including phenoxy) is 1. The molecule has 0 saturated carbocycles. The fourth-order valence-electron chi connectivity index (χ4n) is 2.50. The number of hydrogen-bond donors (Lipinski definition) is 1. The highest BCUT2D eigenvalue weighted by atomic mass is 32.1. The third-order valence-electron chi connectivity index (χ3n) is 3.72. The van der Waals surface area contributed by atoms with Gasteiger partial charge in [-0.2, -0.15) is 16.3 Å². The second kappa shape index (κ2) is 7.02. The van der Waals surface area contributed by atoms with Gasteiger partial charge in [-0.15, -0.1) is 0 Å². The largest absolute Gasteiger partial charge is 0.376 e. The molecule has 0 aromatic carbocycles. The van der Waals surface area contributed by atoms with E-state index < -0.39 is 0 Å². The Morgan fingerprint density at radius 3 is 3.23 bits per heavy atom. The van der Waals surface area contributed by atoms with Gasteiger partial charge >= 0.3 is 0 Å². The number of nitrogens with one attached hydrogen (secondary N) is 1. The summed E-state index contributed by atoms with van der Waals surface area (Å²) in [6, 6.07) is 1.98. The molecule has 7 heteroatoms. The van der Waals surface area contributed by atoms with Crippen molar-refractivity contribution in [1.29, 1.82) is 0 Å². The molecule has 0 radical (unpaired) electrons. The first-order valence-corrected chi connectivity index (χ1v) is 8.43. The number of amides is 1. The number of nitrogens with zero attached hydrogens (tertiary/aromatic N) is 2. The monoisotopic (exact) mass is 321 g/mol. The van der Waals surface area contributed by atoms with Gasteiger partial charge in [-0.25, -0.2) is 0 Å². The maximum absolute atomic E-state index is 12.0. The molecule has 3 rings (SSSR count). The van der Waals surface area contributed by atoms with E-state index in [0.717, 1.165) is 25.0 Å². The Morgan fingerprint density at radius 2 is 2.50 bits per heavy atom. The fraction of sp³-hybridized carbons (Fsp3) is 0.533. The Bertz CT molecular complexity index is 605. The topological polar surface area (TPSA) is 77.3 Å². The van der Waals surface area contributed by atoms with Gasteiger partial charge in [0, 0.05) is 30.4 Å². The number of rotatable bonds is 6. The molecule has 3 heterocycles. The van der Waals surface area contributed by atoms with Crippen molar-refractivity contribution >= 4 is 17.2 Å². The Labute approximate surface area is 132 Å². The van der Waals surface area contributed by atoms with Gasteiger partial charge in [0.15, 0.2) is 0 Å². The molecule has 1 amide bonds. The van der Waals surface area contributed by atoms with Gasteiger partial charge in [0.25, 0.3) is 0 Å². The molecule has 6 nitrogen and oxygen atoms in total. The zero-order chi connectivity index (χ0) is 15.4. The summed E-state index contributed by atoms with van der Waals surface area (Å²) in [6.45, 7) is 2.77. The molecule has 0 bridgehead atoms. The van der Waals surface area contributed by atoms with Crippen LogP contribution in [-0.2, 0) is 16.0 Å². The summed E-state index contributed by atoms with van der Waals surface area (Å²) in [7, 11) is 0. The normalized spacial score (nSPS) is 19.2. The van der Waals surface area contributed by atoms with E-state index in [4.69, 9.17) is 9.26 Å². The standard InChI is InChI=1S/C15H19N3O3S/c1-10(12-3-2-7-20-12)16-13(19)4-5-14-17-15(18-21-14)11-6-8-22-9-11/h6,8-10,12H,2-5,7H2,1H3,(H,16,19)/t10-,12-/m1/s1. The summed E-state index contributed by atoms with van der Waals surface area (Å²) in [5.41, 5.74) is 0.941. The first kappa shape index (κ1) is 15.2. The number of carbonyl (C=O) groups excluding carboxylic acids is 1. The zero-order valence-electron chi connectivity index (χ0n) is 12.4. The van der Waals surface area contributed by atoms with Crippen molar-refractivity contribution in [2.45, 2.75) is 44.8 Å². The van der Waals surface area contributed by atoms with Crippen molar-refractivity contribution in [2.24, 2.45) is 0 Å². The van der Waals surface area contributed by atoms with Crippen LogP contribution < -0.4 is 5.32 Å². The average Bonchev–Trinajstić information content (AvgIpc) is 3.25. The van der Waals surface area contributed by atoms with Crippen LogP contribution in [0.1, 0.15) is 32.1 Å². The molecule has 1 aliphatic rings. The summed E-state index contributed by atoms with van der Waals surface area (Å²) in [4.78, 5) is 16.3. The maximum Gasteiger partial charge on any atom is 0.227 e. The van der Waals surface area contributed by atoms with Crippen molar-refractivity contribution in [2.75, 3.05) is 6.61 Å². The Kier molecular flexibility index (Phi) is 4.84. The van der Waals surface area contributed by atoms with Crippen LogP contribution in [-0.4, -0.2) is 34.8 Å². The lowest BCUT2D eigenvalue weighted by atomic mass is 10.1. The first-order valence-electron chi connectivity index (χ1n) is 7.48. The van der Waals surface area contributed by atoms with E-state index >= 15 is 0 Å². The first-order chi connectivity index (χ1) is 10.7. The number of aryl methyl sites for hydroxylation is 1. The van der Waals surface area contributed by atoms with Gasteiger partial charge in [0.05, 0.1) is 12.1 Å². The van der Waals surface area contributed by atoms with Crippen LogP contribution in [0.25, 0.3) is 11.4 Å². The summed E-state index contributed by atoms with van der Waals surface area (Å²) in [5, 5.41) is 10.8. The van der Waals surface area contributed by atoms with Crippen LogP contribution >= 0.6 is 11.3 Å². The van der Waals surface area contributed by atoms with Gasteiger partial charge in [0.2, 0.25) is 17.6 Å². The molecular weight excluding hydrogens is 302 g/mol. The highest BCUT2D eigenvalue weighted by Crippen LogP contribution is 2.19. The molecule has 22 heavy (non-hydrogen) atoms. The summed E-state index contributed by atoms with van der Waals surface area (Å²) >= 11 is 1.58.